The average molecular weight is 274 g/mol. The van der Waals surface area contributed by atoms with E-state index < -0.39 is 6.36 Å². The molecule has 1 heterocycles. The van der Waals surface area contributed by atoms with E-state index in [1.54, 1.807) is 18.2 Å². The summed E-state index contributed by atoms with van der Waals surface area (Å²) in [4.78, 5) is 0. The number of rotatable bonds is 4. The number of hydrogen-bond acceptors (Lipinski definition) is 3. The van der Waals surface area contributed by atoms with Gasteiger partial charge in [0, 0.05) is 6.42 Å². The van der Waals surface area contributed by atoms with E-state index in [-0.39, 0.29) is 12.0 Å². The molecule has 104 valence electrons. The molecule has 0 saturated carbocycles. The molecule has 1 fully saturated rings. The third-order valence-electron chi connectivity index (χ3n) is 2.44. The molecule has 0 radical (unpaired) electrons. The molecule has 0 bridgehead atoms. The van der Waals surface area contributed by atoms with Crippen LogP contribution in [0.2, 0.25) is 0 Å². The van der Waals surface area contributed by atoms with Crippen LogP contribution in [0.5, 0.6) is 5.75 Å². The van der Waals surface area contributed by atoms with E-state index >= 15 is 0 Å². The van der Waals surface area contributed by atoms with E-state index in [9.17, 15) is 13.2 Å². The van der Waals surface area contributed by atoms with E-state index in [2.05, 4.69) is 4.74 Å². The molecule has 0 unspecified atom stereocenters. The van der Waals surface area contributed by atoms with Crippen LogP contribution in [-0.2, 0) is 9.47 Å². The summed E-state index contributed by atoms with van der Waals surface area (Å²) in [6, 6.07) is 5.65. The number of hydrogen-bond donors (Lipinski definition) is 0. The first-order chi connectivity index (χ1) is 9.03. The smallest absolute Gasteiger partial charge is 0.406 e. The van der Waals surface area contributed by atoms with Crippen LogP contribution in [0.1, 0.15) is 12.0 Å². The average Bonchev–Trinajstić information content (AvgIpc) is 2.82. The monoisotopic (exact) mass is 274 g/mol. The topological polar surface area (TPSA) is 27.7 Å². The van der Waals surface area contributed by atoms with Gasteiger partial charge in [-0.1, -0.05) is 24.3 Å². The van der Waals surface area contributed by atoms with Gasteiger partial charge in [0.05, 0.1) is 13.2 Å². The lowest BCUT2D eigenvalue weighted by molar-refractivity contribution is -0.274. The molecule has 2 rings (SSSR count). The van der Waals surface area contributed by atoms with Crippen molar-refractivity contribution in [3.05, 3.63) is 35.9 Å². The molecule has 0 atom stereocenters. The third-order valence-corrected chi connectivity index (χ3v) is 2.44. The molecule has 1 aromatic rings. The Balaban J connectivity index is 1.85. The predicted octanol–water partition coefficient (Wildman–Crippen LogP) is 3.36. The second-order valence-electron chi connectivity index (χ2n) is 3.93. The zero-order valence-corrected chi connectivity index (χ0v) is 10.0. The SMILES string of the molecule is FC(F)(F)Oc1ccc(C=CCC2OCCO2)cc1. The van der Waals surface area contributed by atoms with E-state index in [1.165, 1.54) is 12.1 Å². The fourth-order valence-corrected chi connectivity index (χ4v) is 1.64. The standard InChI is InChI=1S/C13H13F3O3/c14-13(15,16)19-11-6-4-10(5-7-11)2-1-3-12-17-8-9-18-12/h1-2,4-7,12H,3,8-9H2. The van der Waals surface area contributed by atoms with Crippen LogP contribution in [-0.4, -0.2) is 25.9 Å². The molecular weight excluding hydrogens is 261 g/mol. The zero-order chi connectivity index (χ0) is 13.7. The van der Waals surface area contributed by atoms with Gasteiger partial charge in [0.1, 0.15) is 5.75 Å². The van der Waals surface area contributed by atoms with E-state index in [1.807, 2.05) is 6.08 Å². The molecule has 1 saturated heterocycles. The molecule has 1 aliphatic rings. The molecule has 0 amide bonds. The van der Waals surface area contributed by atoms with Crippen LogP contribution in [0.4, 0.5) is 13.2 Å². The number of alkyl halides is 3. The van der Waals surface area contributed by atoms with Gasteiger partial charge in [0.25, 0.3) is 0 Å². The number of benzene rings is 1. The summed E-state index contributed by atoms with van der Waals surface area (Å²) in [6.45, 7) is 1.20. The van der Waals surface area contributed by atoms with Crippen LogP contribution in [0.3, 0.4) is 0 Å². The van der Waals surface area contributed by atoms with Gasteiger partial charge < -0.3 is 14.2 Å². The minimum absolute atomic E-state index is 0.218. The zero-order valence-electron chi connectivity index (χ0n) is 10.0. The van der Waals surface area contributed by atoms with Crippen LogP contribution >= 0.6 is 0 Å². The molecule has 19 heavy (non-hydrogen) atoms. The number of halogens is 3. The normalized spacial score (nSPS) is 17.2. The molecule has 6 heteroatoms. The summed E-state index contributed by atoms with van der Waals surface area (Å²) in [5.74, 6) is -0.230. The van der Waals surface area contributed by atoms with Crippen molar-refractivity contribution >= 4 is 6.08 Å². The van der Waals surface area contributed by atoms with Crippen molar-refractivity contribution in [3.8, 4) is 5.75 Å². The first kappa shape index (κ1) is 13.9. The van der Waals surface area contributed by atoms with Crippen LogP contribution in [0, 0.1) is 0 Å². The van der Waals surface area contributed by atoms with E-state index in [0.29, 0.717) is 19.6 Å². The first-order valence-electron chi connectivity index (χ1n) is 5.78. The Kier molecular flexibility index (Phi) is 4.44. The van der Waals surface area contributed by atoms with Crippen molar-refractivity contribution in [2.24, 2.45) is 0 Å². The first-order valence-corrected chi connectivity index (χ1v) is 5.78. The molecule has 3 nitrogen and oxygen atoms in total. The Hall–Kier alpha value is -1.53. The van der Waals surface area contributed by atoms with Crippen molar-refractivity contribution in [2.45, 2.75) is 19.1 Å². The highest BCUT2D eigenvalue weighted by atomic mass is 19.4. The van der Waals surface area contributed by atoms with Crippen molar-refractivity contribution in [2.75, 3.05) is 13.2 Å². The highest BCUT2D eigenvalue weighted by molar-refractivity contribution is 5.50. The number of ether oxygens (including phenoxy) is 3. The molecule has 1 aliphatic heterocycles. The summed E-state index contributed by atoms with van der Waals surface area (Å²) in [5, 5.41) is 0. The van der Waals surface area contributed by atoms with Gasteiger partial charge >= 0.3 is 6.36 Å². The maximum absolute atomic E-state index is 12.0. The summed E-state index contributed by atoms with van der Waals surface area (Å²) in [5.41, 5.74) is 0.785. The van der Waals surface area contributed by atoms with Gasteiger partial charge in [-0.3, -0.25) is 0 Å². The van der Waals surface area contributed by atoms with Crippen molar-refractivity contribution < 1.29 is 27.4 Å². The van der Waals surface area contributed by atoms with Gasteiger partial charge in [-0.05, 0) is 17.7 Å². The van der Waals surface area contributed by atoms with Crippen LogP contribution in [0.25, 0.3) is 6.08 Å². The molecular formula is C13H13F3O3. The molecule has 0 aliphatic carbocycles. The minimum Gasteiger partial charge on any atom is -0.406 e. The second-order valence-corrected chi connectivity index (χ2v) is 3.93. The largest absolute Gasteiger partial charge is 0.573 e. The predicted molar refractivity (Wildman–Crippen MR) is 62.5 cm³/mol. The Morgan fingerprint density at radius 1 is 1.16 bits per heavy atom. The van der Waals surface area contributed by atoms with Gasteiger partial charge in [0.2, 0.25) is 0 Å². The molecule has 0 aromatic heterocycles. The van der Waals surface area contributed by atoms with Gasteiger partial charge in [-0.25, -0.2) is 0 Å². The lowest BCUT2D eigenvalue weighted by Crippen LogP contribution is -2.16. The Morgan fingerprint density at radius 3 is 2.37 bits per heavy atom. The maximum atomic E-state index is 12.0. The Labute approximate surface area is 108 Å². The fraction of sp³-hybridized carbons (Fsp3) is 0.385. The summed E-state index contributed by atoms with van der Waals surface area (Å²) >= 11 is 0. The van der Waals surface area contributed by atoms with Gasteiger partial charge in [0.15, 0.2) is 6.29 Å². The summed E-state index contributed by atoms with van der Waals surface area (Å²) in [6.07, 6.45) is -0.614. The van der Waals surface area contributed by atoms with Gasteiger partial charge in [-0.15, -0.1) is 13.2 Å². The summed E-state index contributed by atoms with van der Waals surface area (Å²) in [7, 11) is 0. The summed E-state index contributed by atoms with van der Waals surface area (Å²) < 4.78 is 50.1. The highest BCUT2D eigenvalue weighted by Gasteiger charge is 2.30. The van der Waals surface area contributed by atoms with E-state index in [4.69, 9.17) is 9.47 Å². The van der Waals surface area contributed by atoms with Crippen molar-refractivity contribution in [1.82, 2.24) is 0 Å². The van der Waals surface area contributed by atoms with E-state index in [0.717, 1.165) is 5.56 Å². The Morgan fingerprint density at radius 2 is 1.79 bits per heavy atom. The van der Waals surface area contributed by atoms with Crippen LogP contribution < -0.4 is 4.74 Å². The lowest BCUT2D eigenvalue weighted by Gasteiger charge is -2.08. The minimum atomic E-state index is -4.66. The van der Waals surface area contributed by atoms with Gasteiger partial charge in [-0.2, -0.15) is 0 Å². The second kappa shape index (κ2) is 6.08. The maximum Gasteiger partial charge on any atom is 0.573 e. The highest BCUT2D eigenvalue weighted by Crippen LogP contribution is 2.23. The van der Waals surface area contributed by atoms with Crippen molar-refractivity contribution in [3.63, 3.8) is 0 Å². The molecule has 0 N–H and O–H groups in total. The quantitative estimate of drug-likeness (QED) is 0.842. The third kappa shape index (κ3) is 4.92. The van der Waals surface area contributed by atoms with Crippen LogP contribution in [0.15, 0.2) is 30.3 Å². The molecule has 1 aromatic carbocycles. The Bertz CT molecular complexity index is 420. The lowest BCUT2D eigenvalue weighted by atomic mass is 10.2. The fourth-order valence-electron chi connectivity index (χ4n) is 1.64. The van der Waals surface area contributed by atoms with Crippen molar-refractivity contribution in [1.29, 1.82) is 0 Å². The molecule has 0 spiro atoms.